The maximum atomic E-state index is 12.9. The Morgan fingerprint density at radius 2 is 1.93 bits per heavy atom. The molecule has 2 aromatic heterocycles. The van der Waals surface area contributed by atoms with Crippen LogP contribution in [0.15, 0.2) is 35.4 Å². The first-order valence-corrected chi connectivity index (χ1v) is 9.86. The molecule has 2 fully saturated rings. The van der Waals surface area contributed by atoms with Crippen LogP contribution in [-0.4, -0.2) is 64.6 Å². The summed E-state index contributed by atoms with van der Waals surface area (Å²) in [6.07, 6.45) is 5.18. The van der Waals surface area contributed by atoms with Crippen molar-refractivity contribution in [2.75, 3.05) is 44.2 Å². The summed E-state index contributed by atoms with van der Waals surface area (Å²) in [7, 11) is 1.74. The number of amides is 1. The van der Waals surface area contributed by atoms with Gasteiger partial charge in [0.25, 0.3) is 5.56 Å². The molecular weight excluding hydrogens is 356 g/mol. The standard InChI is InChI=1S/C20H26N6O2/c1-24-18(27)13-17(15-4-6-21-7-5-15)23-20(24)26-10-2-3-16(14-26)19(28)25-11-8-22-9-12-25/h4-7,13,16,22H,2-3,8-12,14H2,1H3. The van der Waals surface area contributed by atoms with E-state index < -0.39 is 0 Å². The highest BCUT2D eigenvalue weighted by Gasteiger charge is 2.31. The molecule has 2 aliphatic rings. The van der Waals surface area contributed by atoms with Gasteiger partial charge in [-0.1, -0.05) is 0 Å². The summed E-state index contributed by atoms with van der Waals surface area (Å²) < 4.78 is 1.57. The fourth-order valence-electron chi connectivity index (χ4n) is 3.98. The second-order valence-electron chi connectivity index (χ2n) is 7.43. The van der Waals surface area contributed by atoms with Gasteiger partial charge in [0, 0.05) is 70.3 Å². The third-order valence-corrected chi connectivity index (χ3v) is 5.57. The van der Waals surface area contributed by atoms with Crippen LogP contribution in [0.1, 0.15) is 12.8 Å². The number of carbonyl (C=O) groups excluding carboxylic acids is 1. The van der Waals surface area contributed by atoms with Gasteiger partial charge >= 0.3 is 0 Å². The molecule has 0 saturated carbocycles. The fourth-order valence-corrected chi connectivity index (χ4v) is 3.98. The lowest BCUT2D eigenvalue weighted by Crippen LogP contribution is -2.51. The van der Waals surface area contributed by atoms with E-state index in [2.05, 4.69) is 15.2 Å². The Hall–Kier alpha value is -2.74. The Labute approximate surface area is 164 Å². The van der Waals surface area contributed by atoms with E-state index >= 15 is 0 Å². The lowest BCUT2D eigenvalue weighted by molar-refractivity contribution is -0.136. The van der Waals surface area contributed by atoms with Crippen LogP contribution in [0.2, 0.25) is 0 Å². The molecule has 0 aromatic carbocycles. The van der Waals surface area contributed by atoms with Crippen molar-refractivity contribution in [3.8, 4) is 11.3 Å². The van der Waals surface area contributed by atoms with Gasteiger partial charge in [0.05, 0.1) is 11.6 Å². The average Bonchev–Trinajstić information content (AvgIpc) is 2.76. The van der Waals surface area contributed by atoms with E-state index in [9.17, 15) is 9.59 Å². The topological polar surface area (TPSA) is 83.4 Å². The van der Waals surface area contributed by atoms with Crippen molar-refractivity contribution in [3.05, 3.63) is 40.9 Å². The molecular formula is C20H26N6O2. The molecule has 2 aromatic rings. The van der Waals surface area contributed by atoms with Crippen LogP contribution in [0.25, 0.3) is 11.3 Å². The van der Waals surface area contributed by atoms with Crippen LogP contribution in [0, 0.1) is 5.92 Å². The van der Waals surface area contributed by atoms with Gasteiger partial charge in [-0.25, -0.2) is 4.98 Å². The van der Waals surface area contributed by atoms with E-state index in [0.717, 1.165) is 51.1 Å². The molecule has 8 nitrogen and oxygen atoms in total. The van der Waals surface area contributed by atoms with Gasteiger partial charge in [-0.15, -0.1) is 0 Å². The molecule has 1 N–H and O–H groups in total. The zero-order valence-corrected chi connectivity index (χ0v) is 16.2. The second-order valence-corrected chi connectivity index (χ2v) is 7.43. The zero-order chi connectivity index (χ0) is 19.5. The van der Waals surface area contributed by atoms with Crippen molar-refractivity contribution in [2.45, 2.75) is 12.8 Å². The number of piperidine rings is 1. The molecule has 8 heteroatoms. The first-order chi connectivity index (χ1) is 13.6. The van der Waals surface area contributed by atoms with Crippen molar-refractivity contribution in [2.24, 2.45) is 13.0 Å². The quantitative estimate of drug-likeness (QED) is 0.832. The maximum Gasteiger partial charge on any atom is 0.255 e. The van der Waals surface area contributed by atoms with Crippen molar-refractivity contribution in [1.82, 2.24) is 24.8 Å². The number of carbonyl (C=O) groups is 1. The van der Waals surface area contributed by atoms with Crippen molar-refractivity contribution in [3.63, 3.8) is 0 Å². The molecule has 0 radical (unpaired) electrons. The van der Waals surface area contributed by atoms with Crippen LogP contribution in [-0.2, 0) is 11.8 Å². The third kappa shape index (κ3) is 3.77. The molecule has 2 saturated heterocycles. The fraction of sp³-hybridized carbons (Fsp3) is 0.500. The van der Waals surface area contributed by atoms with E-state index in [0.29, 0.717) is 18.2 Å². The van der Waals surface area contributed by atoms with Crippen LogP contribution < -0.4 is 15.8 Å². The summed E-state index contributed by atoms with van der Waals surface area (Å²) in [5.41, 5.74) is 1.39. The summed E-state index contributed by atoms with van der Waals surface area (Å²) in [6.45, 7) is 4.64. The predicted octanol–water partition coefficient (Wildman–Crippen LogP) is 0.491. The summed E-state index contributed by atoms with van der Waals surface area (Å²) in [5, 5.41) is 3.29. The highest BCUT2D eigenvalue weighted by Crippen LogP contribution is 2.24. The number of nitrogens with zero attached hydrogens (tertiary/aromatic N) is 5. The minimum atomic E-state index is -0.104. The summed E-state index contributed by atoms with van der Waals surface area (Å²) in [6, 6.07) is 5.24. The Morgan fingerprint density at radius 3 is 2.68 bits per heavy atom. The number of hydrogen-bond donors (Lipinski definition) is 1. The summed E-state index contributed by atoms with van der Waals surface area (Å²) >= 11 is 0. The van der Waals surface area contributed by atoms with E-state index in [1.165, 1.54) is 0 Å². The van der Waals surface area contributed by atoms with Crippen LogP contribution in [0.3, 0.4) is 0 Å². The minimum Gasteiger partial charge on any atom is -0.341 e. The molecule has 0 spiro atoms. The highest BCUT2D eigenvalue weighted by molar-refractivity contribution is 5.80. The number of rotatable bonds is 3. The summed E-state index contributed by atoms with van der Waals surface area (Å²) in [4.78, 5) is 38.3. The third-order valence-electron chi connectivity index (χ3n) is 5.57. The Morgan fingerprint density at radius 1 is 1.18 bits per heavy atom. The highest BCUT2D eigenvalue weighted by atomic mass is 16.2. The van der Waals surface area contributed by atoms with Crippen LogP contribution >= 0.6 is 0 Å². The molecule has 1 unspecified atom stereocenters. The predicted molar refractivity (Wildman–Crippen MR) is 107 cm³/mol. The van der Waals surface area contributed by atoms with Gasteiger partial charge in [-0.05, 0) is 25.0 Å². The summed E-state index contributed by atoms with van der Waals surface area (Å²) in [5.74, 6) is 0.798. The van der Waals surface area contributed by atoms with E-state index in [4.69, 9.17) is 4.98 Å². The first kappa shape index (κ1) is 18.6. The monoisotopic (exact) mass is 382 g/mol. The Balaban J connectivity index is 1.58. The molecule has 4 heterocycles. The molecule has 1 amide bonds. The van der Waals surface area contributed by atoms with Crippen LogP contribution in [0.4, 0.5) is 5.95 Å². The van der Waals surface area contributed by atoms with Crippen molar-refractivity contribution in [1.29, 1.82) is 0 Å². The number of aromatic nitrogens is 3. The van der Waals surface area contributed by atoms with Crippen molar-refractivity contribution < 1.29 is 4.79 Å². The lowest BCUT2D eigenvalue weighted by atomic mass is 9.96. The average molecular weight is 382 g/mol. The zero-order valence-electron chi connectivity index (χ0n) is 16.2. The van der Waals surface area contributed by atoms with E-state index in [-0.39, 0.29) is 17.4 Å². The number of hydrogen-bond acceptors (Lipinski definition) is 6. The molecule has 148 valence electrons. The maximum absolute atomic E-state index is 12.9. The normalized spacial score (nSPS) is 20.2. The molecule has 1 atom stereocenters. The van der Waals surface area contributed by atoms with Crippen LogP contribution in [0.5, 0.6) is 0 Å². The number of nitrogens with one attached hydrogen (secondary N) is 1. The molecule has 4 rings (SSSR count). The van der Waals surface area contributed by atoms with Gasteiger partial charge in [0.2, 0.25) is 11.9 Å². The molecule has 0 bridgehead atoms. The largest absolute Gasteiger partial charge is 0.341 e. The second kappa shape index (κ2) is 8.10. The Kier molecular flexibility index (Phi) is 5.38. The lowest BCUT2D eigenvalue weighted by Gasteiger charge is -2.37. The molecule has 0 aliphatic carbocycles. The van der Waals surface area contributed by atoms with Gasteiger partial charge in [0.1, 0.15) is 0 Å². The van der Waals surface area contributed by atoms with Gasteiger partial charge in [-0.3, -0.25) is 19.1 Å². The molecule has 2 aliphatic heterocycles. The van der Waals surface area contributed by atoms with Crippen molar-refractivity contribution >= 4 is 11.9 Å². The number of pyridine rings is 1. The van der Waals surface area contributed by atoms with Gasteiger partial charge < -0.3 is 15.1 Å². The SMILES string of the molecule is Cn1c(N2CCCC(C(=O)N3CCNCC3)C2)nc(-c2ccncc2)cc1=O. The van der Waals surface area contributed by atoms with Gasteiger partial charge in [-0.2, -0.15) is 0 Å². The minimum absolute atomic E-state index is 0.0478. The van der Waals surface area contributed by atoms with E-state index in [1.54, 1.807) is 30.1 Å². The van der Waals surface area contributed by atoms with E-state index in [1.807, 2.05) is 17.0 Å². The molecule has 28 heavy (non-hydrogen) atoms. The number of anilines is 1. The number of piperazine rings is 1. The smallest absolute Gasteiger partial charge is 0.255 e. The Bertz CT molecular complexity index is 891. The van der Waals surface area contributed by atoms with Gasteiger partial charge in [0.15, 0.2) is 0 Å². The first-order valence-electron chi connectivity index (χ1n) is 9.86.